The van der Waals surface area contributed by atoms with Gasteiger partial charge in [0.25, 0.3) is 5.79 Å². The molecule has 96 valence electrons. The van der Waals surface area contributed by atoms with Gasteiger partial charge in [0.2, 0.25) is 0 Å². The molecule has 0 radical (unpaired) electrons. The van der Waals surface area contributed by atoms with Crippen molar-refractivity contribution < 1.29 is 45.3 Å². The third kappa shape index (κ3) is 2.89. The molecule has 1 fully saturated rings. The van der Waals surface area contributed by atoms with Gasteiger partial charge in [0.05, 0.1) is 0 Å². The van der Waals surface area contributed by atoms with Crippen molar-refractivity contribution in [2.24, 2.45) is 0 Å². The van der Waals surface area contributed by atoms with Crippen LogP contribution < -0.4 is 0 Å². The summed E-state index contributed by atoms with van der Waals surface area (Å²) < 4.78 is 3.83. The van der Waals surface area contributed by atoms with E-state index in [1.807, 2.05) is 0 Å². The van der Waals surface area contributed by atoms with E-state index in [9.17, 15) is 30.3 Å². The standard InChI is InChI=1S/C7H12O9.Na.H/c8-1-2(9)4(11)7(15,16-6(13)14)5(12)3(1)10;;/h1-5,8-12,15H,(H,13,14);;/t1-,2-,3+,4-,5-,7-;;/m1../s1. The van der Waals surface area contributed by atoms with Gasteiger partial charge in [-0.25, -0.2) is 4.79 Å². The zero-order chi connectivity index (χ0) is 12.7. The number of carbonyl (C=O) groups is 1. The van der Waals surface area contributed by atoms with Crippen LogP contribution in [0.5, 0.6) is 0 Å². The zero-order valence-corrected chi connectivity index (χ0v) is 7.83. The molecule has 0 aromatic heterocycles. The molecule has 1 saturated carbocycles. The van der Waals surface area contributed by atoms with Crippen molar-refractivity contribution in [3.05, 3.63) is 0 Å². The molecule has 0 bridgehead atoms. The molecule has 0 saturated heterocycles. The van der Waals surface area contributed by atoms with Crippen LogP contribution in [0.2, 0.25) is 0 Å². The molecule has 0 aromatic carbocycles. The van der Waals surface area contributed by atoms with Crippen LogP contribution in [-0.2, 0) is 4.74 Å². The Balaban J connectivity index is 0.00000256. The van der Waals surface area contributed by atoms with Gasteiger partial charge >= 0.3 is 35.7 Å². The Hall–Kier alpha value is 0.0300. The van der Waals surface area contributed by atoms with E-state index in [2.05, 4.69) is 4.74 Å². The van der Waals surface area contributed by atoms with Gasteiger partial charge in [-0.3, -0.25) is 0 Å². The van der Waals surface area contributed by atoms with Crippen LogP contribution in [0.25, 0.3) is 0 Å². The predicted molar refractivity (Wildman–Crippen MR) is 51.2 cm³/mol. The average Bonchev–Trinajstić information content (AvgIpc) is 2.21. The van der Waals surface area contributed by atoms with Gasteiger partial charge in [0, 0.05) is 0 Å². The first-order valence-corrected chi connectivity index (χ1v) is 4.26. The predicted octanol–water partition coefficient (Wildman–Crippen LogP) is -4.46. The molecule has 6 atom stereocenters. The topological polar surface area (TPSA) is 168 Å². The molecule has 7 N–H and O–H groups in total. The summed E-state index contributed by atoms with van der Waals surface area (Å²) in [6.07, 6.45) is -12.7. The fourth-order valence-corrected chi connectivity index (χ4v) is 1.50. The molecular weight excluding hydrogens is 251 g/mol. The quantitative estimate of drug-likeness (QED) is 0.140. The van der Waals surface area contributed by atoms with Gasteiger partial charge in [-0.05, 0) is 0 Å². The minimum atomic E-state index is -3.11. The molecule has 0 aromatic rings. The van der Waals surface area contributed by atoms with Crippen LogP contribution in [-0.4, -0.2) is 108 Å². The number of hydrogen-bond donors (Lipinski definition) is 7. The molecule has 1 aliphatic carbocycles. The second-order valence-electron chi connectivity index (χ2n) is 3.48. The summed E-state index contributed by atoms with van der Waals surface area (Å²) in [7, 11) is 0. The Bertz CT molecular complexity index is 269. The van der Waals surface area contributed by atoms with Gasteiger partial charge < -0.3 is 40.5 Å². The SMILES string of the molecule is O=C(O)O[C@]1(O)[C@H](O)[C@H](O)[C@@H](O)[C@H](O)[C@H]1O.[NaH]. The van der Waals surface area contributed by atoms with Crippen molar-refractivity contribution in [3.63, 3.8) is 0 Å². The zero-order valence-electron chi connectivity index (χ0n) is 7.83. The number of rotatable bonds is 1. The first kappa shape index (κ1) is 17.0. The number of hydrogen-bond acceptors (Lipinski definition) is 8. The maximum absolute atomic E-state index is 10.2. The van der Waals surface area contributed by atoms with Crippen LogP contribution in [0.15, 0.2) is 0 Å². The summed E-state index contributed by atoms with van der Waals surface area (Å²) >= 11 is 0. The number of ether oxygens (including phenoxy) is 1. The fourth-order valence-electron chi connectivity index (χ4n) is 1.50. The number of aliphatic hydroxyl groups excluding tert-OH is 5. The molecular formula is C7H13NaO9. The molecule has 9 nitrogen and oxygen atoms in total. The van der Waals surface area contributed by atoms with Crippen molar-refractivity contribution in [1.82, 2.24) is 0 Å². The third-order valence-electron chi connectivity index (χ3n) is 2.45. The van der Waals surface area contributed by atoms with Crippen LogP contribution in [0.3, 0.4) is 0 Å². The van der Waals surface area contributed by atoms with E-state index in [0.717, 1.165) is 0 Å². The van der Waals surface area contributed by atoms with Gasteiger partial charge in [-0.2, -0.15) is 0 Å². The van der Waals surface area contributed by atoms with Gasteiger partial charge in [0.15, 0.2) is 12.2 Å². The van der Waals surface area contributed by atoms with Gasteiger partial charge in [0.1, 0.15) is 18.3 Å². The van der Waals surface area contributed by atoms with E-state index in [4.69, 9.17) is 10.2 Å². The Labute approximate surface area is 117 Å². The fraction of sp³-hybridized carbons (Fsp3) is 0.857. The molecule has 17 heavy (non-hydrogen) atoms. The van der Waals surface area contributed by atoms with Crippen molar-refractivity contribution in [1.29, 1.82) is 0 Å². The monoisotopic (exact) mass is 264 g/mol. The van der Waals surface area contributed by atoms with Crippen molar-refractivity contribution >= 4 is 35.7 Å². The van der Waals surface area contributed by atoms with E-state index in [0.29, 0.717) is 0 Å². The van der Waals surface area contributed by atoms with Crippen LogP contribution in [0, 0.1) is 0 Å². The molecule has 0 aliphatic heterocycles. The summed E-state index contributed by atoms with van der Waals surface area (Å²) in [5, 5.41) is 63.8. The number of carboxylic acid groups (broad SMARTS) is 1. The Morgan fingerprint density at radius 2 is 1.29 bits per heavy atom. The van der Waals surface area contributed by atoms with E-state index in [-0.39, 0.29) is 29.6 Å². The van der Waals surface area contributed by atoms with Crippen LogP contribution in [0.4, 0.5) is 4.79 Å². The Morgan fingerprint density at radius 1 is 0.941 bits per heavy atom. The molecule has 10 heteroatoms. The molecule has 0 heterocycles. The summed E-state index contributed by atoms with van der Waals surface area (Å²) in [6.45, 7) is 0. The summed E-state index contributed by atoms with van der Waals surface area (Å²) in [4.78, 5) is 10.2. The first-order chi connectivity index (χ1) is 7.21. The molecule has 1 rings (SSSR count). The maximum atomic E-state index is 10.2. The number of aliphatic hydroxyl groups is 6. The Kier molecular flexibility index (Phi) is 5.79. The third-order valence-corrected chi connectivity index (χ3v) is 2.45. The molecule has 0 unspecified atom stereocenters. The van der Waals surface area contributed by atoms with Crippen molar-refractivity contribution in [3.8, 4) is 0 Å². The van der Waals surface area contributed by atoms with E-state index < -0.39 is 42.5 Å². The molecule has 0 spiro atoms. The van der Waals surface area contributed by atoms with Crippen LogP contribution >= 0.6 is 0 Å². The van der Waals surface area contributed by atoms with E-state index >= 15 is 0 Å². The normalized spacial score (nSPS) is 45.9. The summed E-state index contributed by atoms with van der Waals surface area (Å²) in [6, 6.07) is 0. The van der Waals surface area contributed by atoms with Gasteiger partial charge in [-0.1, -0.05) is 0 Å². The molecule has 1 aliphatic rings. The van der Waals surface area contributed by atoms with Crippen molar-refractivity contribution in [2.45, 2.75) is 36.3 Å². The second-order valence-corrected chi connectivity index (χ2v) is 3.48. The Morgan fingerprint density at radius 3 is 1.59 bits per heavy atom. The second kappa shape index (κ2) is 5.78. The first-order valence-electron chi connectivity index (χ1n) is 4.26. The van der Waals surface area contributed by atoms with Crippen LogP contribution in [0.1, 0.15) is 0 Å². The minimum absolute atomic E-state index is 0. The van der Waals surface area contributed by atoms with E-state index in [1.165, 1.54) is 0 Å². The summed E-state index contributed by atoms with van der Waals surface area (Å²) in [5.74, 6) is -3.11. The van der Waals surface area contributed by atoms with E-state index in [1.54, 1.807) is 0 Å². The molecule has 0 amide bonds. The van der Waals surface area contributed by atoms with Crippen molar-refractivity contribution in [2.75, 3.05) is 0 Å². The average molecular weight is 264 g/mol. The summed E-state index contributed by atoms with van der Waals surface area (Å²) in [5.41, 5.74) is 0. The van der Waals surface area contributed by atoms with Gasteiger partial charge in [-0.15, -0.1) is 0 Å².